The van der Waals surface area contributed by atoms with Crippen molar-refractivity contribution in [3.63, 3.8) is 0 Å². The molecule has 0 saturated carbocycles. The van der Waals surface area contributed by atoms with Crippen LogP contribution in [0.1, 0.15) is 23.8 Å². The second-order valence-electron chi connectivity index (χ2n) is 6.31. The van der Waals surface area contributed by atoms with Gasteiger partial charge in [-0.05, 0) is 24.5 Å². The van der Waals surface area contributed by atoms with E-state index in [1.54, 1.807) is 10.9 Å². The highest BCUT2D eigenvalue weighted by molar-refractivity contribution is 5.56. The van der Waals surface area contributed by atoms with Crippen molar-refractivity contribution in [2.24, 2.45) is 7.05 Å². The van der Waals surface area contributed by atoms with Crippen LogP contribution in [0.4, 0.5) is 0 Å². The van der Waals surface area contributed by atoms with Crippen molar-refractivity contribution >= 4 is 0 Å². The van der Waals surface area contributed by atoms with E-state index < -0.39 is 0 Å². The molecule has 23 heavy (non-hydrogen) atoms. The number of hydrogen-bond acceptors (Lipinski definition) is 4. The molecule has 1 aliphatic heterocycles. The third-order valence-electron chi connectivity index (χ3n) is 4.55. The van der Waals surface area contributed by atoms with E-state index in [1.165, 1.54) is 11.1 Å². The van der Waals surface area contributed by atoms with Gasteiger partial charge in [-0.3, -0.25) is 9.58 Å². The zero-order chi connectivity index (χ0) is 15.8. The topological polar surface area (TPSA) is 47.1 Å². The van der Waals surface area contributed by atoms with Gasteiger partial charge in [0, 0.05) is 37.5 Å². The quantitative estimate of drug-likeness (QED) is 0.746. The van der Waals surface area contributed by atoms with E-state index in [-0.39, 0.29) is 0 Å². The average Bonchev–Trinajstić information content (AvgIpc) is 3.17. The normalized spacial score (nSPS) is 18.1. The highest BCUT2D eigenvalue weighted by Crippen LogP contribution is 2.26. The molecule has 0 fully saturated rings. The van der Waals surface area contributed by atoms with E-state index >= 15 is 0 Å². The minimum absolute atomic E-state index is 0.497. The Kier molecular flexibility index (Phi) is 3.50. The van der Waals surface area contributed by atoms with Crippen LogP contribution in [0.2, 0.25) is 0 Å². The predicted octanol–water partition coefficient (Wildman–Crippen LogP) is 3.02. The molecule has 1 unspecified atom stereocenters. The van der Waals surface area contributed by atoms with Gasteiger partial charge in [0.15, 0.2) is 5.76 Å². The lowest BCUT2D eigenvalue weighted by atomic mass is 9.95. The van der Waals surface area contributed by atoms with E-state index in [1.807, 2.05) is 19.3 Å². The Hall–Kier alpha value is -2.40. The fraction of sp³-hybridized carbons (Fsp3) is 0.333. The first-order chi connectivity index (χ1) is 11.2. The van der Waals surface area contributed by atoms with Crippen molar-refractivity contribution in [3.8, 4) is 11.3 Å². The Morgan fingerprint density at radius 2 is 2.09 bits per heavy atom. The maximum absolute atomic E-state index is 5.54. The minimum atomic E-state index is 0.497. The maximum atomic E-state index is 5.54. The number of aryl methyl sites for hydroxylation is 1. The van der Waals surface area contributed by atoms with Crippen molar-refractivity contribution in [3.05, 3.63) is 59.6 Å². The highest BCUT2D eigenvalue weighted by atomic mass is 16.5. The summed E-state index contributed by atoms with van der Waals surface area (Å²) >= 11 is 0. The van der Waals surface area contributed by atoms with Gasteiger partial charge in [-0.15, -0.1) is 0 Å². The second-order valence-corrected chi connectivity index (χ2v) is 6.31. The molecule has 1 atom stereocenters. The fourth-order valence-corrected chi connectivity index (χ4v) is 3.22. The molecule has 0 amide bonds. The fourth-order valence-electron chi connectivity index (χ4n) is 3.22. The largest absolute Gasteiger partial charge is 0.359 e. The smallest absolute Gasteiger partial charge is 0.151 e. The van der Waals surface area contributed by atoms with Crippen LogP contribution in [-0.4, -0.2) is 25.9 Å². The molecule has 5 heteroatoms. The van der Waals surface area contributed by atoms with E-state index in [9.17, 15) is 0 Å². The predicted molar refractivity (Wildman–Crippen MR) is 87.6 cm³/mol. The molecule has 118 valence electrons. The summed E-state index contributed by atoms with van der Waals surface area (Å²) in [7, 11) is 1.90. The monoisotopic (exact) mass is 308 g/mol. The van der Waals surface area contributed by atoms with Crippen molar-refractivity contribution in [1.82, 2.24) is 19.8 Å². The summed E-state index contributed by atoms with van der Waals surface area (Å²) in [5.41, 5.74) is 4.71. The van der Waals surface area contributed by atoms with Crippen LogP contribution >= 0.6 is 0 Å². The van der Waals surface area contributed by atoms with E-state index in [4.69, 9.17) is 4.52 Å². The van der Waals surface area contributed by atoms with Gasteiger partial charge >= 0.3 is 0 Å². The molecule has 4 rings (SSSR count). The van der Waals surface area contributed by atoms with Crippen molar-refractivity contribution in [2.45, 2.75) is 32.5 Å². The number of rotatable bonds is 3. The summed E-state index contributed by atoms with van der Waals surface area (Å²) in [5.74, 6) is 0.898. The Balaban J connectivity index is 1.51. The first kappa shape index (κ1) is 14.2. The number of aromatic nitrogens is 3. The SMILES string of the molecule is CC1Cc2ccccc2CN1Cc1cc(-c2cnn(C)c2)no1. The molecule has 0 spiro atoms. The molecular formula is C18H20N4O. The highest BCUT2D eigenvalue weighted by Gasteiger charge is 2.23. The van der Waals surface area contributed by atoms with E-state index in [2.05, 4.69) is 46.3 Å². The van der Waals surface area contributed by atoms with Crippen LogP contribution in [0, 0.1) is 0 Å². The first-order valence-electron chi connectivity index (χ1n) is 7.94. The molecule has 3 heterocycles. The van der Waals surface area contributed by atoms with Gasteiger partial charge < -0.3 is 4.52 Å². The summed E-state index contributed by atoms with van der Waals surface area (Å²) in [5, 5.41) is 8.36. The van der Waals surface area contributed by atoms with E-state index in [0.717, 1.165) is 36.5 Å². The minimum Gasteiger partial charge on any atom is -0.359 e. The number of benzene rings is 1. The first-order valence-corrected chi connectivity index (χ1v) is 7.94. The van der Waals surface area contributed by atoms with Gasteiger partial charge in [-0.25, -0.2) is 0 Å². The molecule has 0 bridgehead atoms. The zero-order valence-electron chi connectivity index (χ0n) is 13.4. The second kappa shape index (κ2) is 5.66. The Bertz CT molecular complexity index is 820. The van der Waals surface area contributed by atoms with Gasteiger partial charge in [0.25, 0.3) is 0 Å². The molecule has 2 aromatic heterocycles. The lowest BCUT2D eigenvalue weighted by Crippen LogP contribution is -2.37. The van der Waals surface area contributed by atoms with Crippen LogP contribution in [0.25, 0.3) is 11.3 Å². The molecule has 0 N–H and O–H groups in total. The summed E-state index contributed by atoms with van der Waals surface area (Å²) in [4.78, 5) is 2.44. The average molecular weight is 308 g/mol. The molecule has 1 aromatic carbocycles. The summed E-state index contributed by atoms with van der Waals surface area (Å²) < 4.78 is 7.31. The molecule has 1 aliphatic rings. The summed E-state index contributed by atoms with van der Waals surface area (Å²) in [6, 6.07) is 11.2. The number of fused-ring (bicyclic) bond motifs is 1. The van der Waals surface area contributed by atoms with Gasteiger partial charge in [0.2, 0.25) is 0 Å². The van der Waals surface area contributed by atoms with Crippen LogP contribution in [0.5, 0.6) is 0 Å². The van der Waals surface area contributed by atoms with Gasteiger partial charge in [0.05, 0.1) is 12.7 Å². The summed E-state index contributed by atoms with van der Waals surface area (Å²) in [6.07, 6.45) is 4.84. The van der Waals surface area contributed by atoms with Crippen molar-refractivity contribution < 1.29 is 4.52 Å². The zero-order valence-corrected chi connectivity index (χ0v) is 13.4. The molecule has 5 nitrogen and oxygen atoms in total. The van der Waals surface area contributed by atoms with E-state index in [0.29, 0.717) is 6.04 Å². The summed E-state index contributed by atoms with van der Waals surface area (Å²) in [6.45, 7) is 4.01. The molecular weight excluding hydrogens is 288 g/mol. The number of hydrogen-bond donors (Lipinski definition) is 0. The lowest BCUT2D eigenvalue weighted by molar-refractivity contribution is 0.156. The van der Waals surface area contributed by atoms with Crippen molar-refractivity contribution in [1.29, 1.82) is 0 Å². The van der Waals surface area contributed by atoms with Gasteiger partial charge in [-0.2, -0.15) is 5.10 Å². The van der Waals surface area contributed by atoms with Crippen LogP contribution in [0.3, 0.4) is 0 Å². The maximum Gasteiger partial charge on any atom is 0.151 e. The van der Waals surface area contributed by atoms with Gasteiger partial charge in [0.1, 0.15) is 5.69 Å². The molecule has 0 aliphatic carbocycles. The Morgan fingerprint density at radius 1 is 1.26 bits per heavy atom. The standard InChI is InChI=1S/C18H20N4O/c1-13-7-14-5-3-4-6-15(14)11-22(13)12-17-8-18(20-23-17)16-9-19-21(2)10-16/h3-6,8-10,13H,7,11-12H2,1-2H3. The lowest BCUT2D eigenvalue weighted by Gasteiger charge is -2.34. The molecule has 3 aromatic rings. The van der Waals surface area contributed by atoms with Crippen LogP contribution in [0.15, 0.2) is 47.2 Å². The molecule has 0 saturated heterocycles. The third kappa shape index (κ3) is 2.80. The Morgan fingerprint density at radius 3 is 2.87 bits per heavy atom. The Labute approximate surface area is 135 Å². The van der Waals surface area contributed by atoms with Gasteiger partial charge in [-0.1, -0.05) is 29.4 Å². The number of nitrogens with zero attached hydrogens (tertiary/aromatic N) is 4. The van der Waals surface area contributed by atoms with Crippen molar-refractivity contribution in [2.75, 3.05) is 0 Å². The third-order valence-corrected chi connectivity index (χ3v) is 4.55. The van der Waals surface area contributed by atoms with Crippen LogP contribution < -0.4 is 0 Å². The van der Waals surface area contributed by atoms with Crippen LogP contribution in [-0.2, 0) is 26.6 Å². The molecule has 0 radical (unpaired) electrons.